The van der Waals surface area contributed by atoms with Crippen molar-refractivity contribution in [2.75, 3.05) is 20.7 Å². The topological polar surface area (TPSA) is 101 Å². The van der Waals surface area contributed by atoms with Crippen molar-refractivity contribution in [3.05, 3.63) is 53.9 Å². The highest BCUT2D eigenvalue weighted by atomic mass is 32.2. The number of hydrogen-bond donors (Lipinski definition) is 0. The third kappa shape index (κ3) is 3.90. The van der Waals surface area contributed by atoms with Gasteiger partial charge in [-0.25, -0.2) is 17.7 Å². The molecule has 8 heteroatoms. The molecule has 0 saturated carbocycles. The van der Waals surface area contributed by atoms with Crippen LogP contribution in [0.2, 0.25) is 0 Å². The molecule has 1 aromatic carbocycles. The summed E-state index contributed by atoms with van der Waals surface area (Å²) in [6.45, 7) is 0.235. The Morgan fingerprint density at radius 2 is 2.08 bits per heavy atom. The van der Waals surface area contributed by atoms with Crippen molar-refractivity contribution in [3.8, 4) is 5.75 Å². The molecule has 0 bridgehead atoms. The molecule has 0 fully saturated rings. The van der Waals surface area contributed by atoms with Crippen LogP contribution in [0.4, 0.5) is 0 Å². The van der Waals surface area contributed by atoms with Crippen molar-refractivity contribution >= 4 is 16.0 Å². The predicted octanol–water partition coefficient (Wildman–Crippen LogP) is -0.264. The zero-order valence-corrected chi connectivity index (χ0v) is 14.2. The van der Waals surface area contributed by atoms with E-state index in [1.165, 1.54) is 26.3 Å². The van der Waals surface area contributed by atoms with Gasteiger partial charge in [0.05, 0.1) is 13.1 Å². The Bertz CT molecular complexity index is 822. The van der Waals surface area contributed by atoms with Crippen LogP contribution >= 0.6 is 0 Å². The van der Waals surface area contributed by atoms with E-state index in [2.05, 4.69) is 4.98 Å². The lowest BCUT2D eigenvalue weighted by Gasteiger charge is -2.19. The van der Waals surface area contributed by atoms with Crippen molar-refractivity contribution in [1.29, 1.82) is 0 Å². The number of nitrogens with zero attached hydrogens (tertiary/aromatic N) is 1. The maximum absolute atomic E-state index is 12.7. The van der Waals surface area contributed by atoms with E-state index in [0.29, 0.717) is 6.42 Å². The normalized spacial score (nSPS) is 11.5. The number of sulfonamides is 1. The molecule has 1 aromatic heterocycles. The quantitative estimate of drug-likeness (QED) is 0.684. The number of nitrogens with one attached hydrogen (secondary N) is 1. The molecular weight excluding hydrogens is 332 g/mol. The van der Waals surface area contributed by atoms with Crippen LogP contribution in [0.1, 0.15) is 15.9 Å². The smallest absolute Gasteiger partial charge is 0.246 e. The van der Waals surface area contributed by atoms with E-state index in [1.807, 2.05) is 12.1 Å². The average molecular weight is 350 g/mol. The lowest BCUT2D eigenvalue weighted by Crippen LogP contribution is -2.30. The number of hydrogen-bond acceptors (Lipinski definition) is 5. The average Bonchev–Trinajstić information content (AvgIpc) is 2.59. The summed E-state index contributed by atoms with van der Waals surface area (Å²) in [6, 6.07) is 7.31. The molecule has 0 amide bonds. The zero-order chi connectivity index (χ0) is 17.7. The molecule has 1 heterocycles. The number of pyridine rings is 1. The van der Waals surface area contributed by atoms with E-state index in [9.17, 15) is 18.3 Å². The number of aromatic carboxylic acids is 1. The first kappa shape index (κ1) is 17.9. The monoisotopic (exact) mass is 350 g/mol. The van der Waals surface area contributed by atoms with Crippen LogP contribution in [-0.4, -0.2) is 39.4 Å². The summed E-state index contributed by atoms with van der Waals surface area (Å²) >= 11 is 0. The fourth-order valence-corrected chi connectivity index (χ4v) is 3.51. The fraction of sp³-hybridized carbons (Fsp3) is 0.250. The summed E-state index contributed by atoms with van der Waals surface area (Å²) in [4.78, 5) is 13.7. The van der Waals surface area contributed by atoms with E-state index in [-0.39, 0.29) is 22.8 Å². The first-order valence-electron chi connectivity index (χ1n) is 7.17. The number of carbonyl (C=O) groups excluding carboxylic acids is 1. The maximum Gasteiger partial charge on any atom is 0.246 e. The van der Waals surface area contributed by atoms with Gasteiger partial charge < -0.3 is 14.6 Å². The highest BCUT2D eigenvalue weighted by Crippen LogP contribution is 2.27. The minimum Gasteiger partial charge on any atom is -0.545 e. The van der Waals surface area contributed by atoms with Gasteiger partial charge >= 0.3 is 0 Å². The number of rotatable bonds is 7. The number of aromatic nitrogens is 1. The van der Waals surface area contributed by atoms with Crippen molar-refractivity contribution < 1.29 is 28.0 Å². The SMILES string of the molecule is COc1ccc(C(=O)[O-])cc1S(=O)(=O)N(C)CCc1ccc[nH+]c1. The third-order valence-electron chi connectivity index (χ3n) is 3.57. The second-order valence-corrected chi connectivity index (χ2v) is 7.15. The van der Waals surface area contributed by atoms with Gasteiger partial charge in [0, 0.05) is 25.2 Å². The van der Waals surface area contributed by atoms with Gasteiger partial charge in [0.25, 0.3) is 0 Å². The Morgan fingerprint density at radius 1 is 1.33 bits per heavy atom. The number of likely N-dealkylation sites (N-methyl/N-ethyl adjacent to an activating group) is 1. The zero-order valence-electron chi connectivity index (χ0n) is 13.4. The molecule has 0 unspecified atom stereocenters. The maximum atomic E-state index is 12.7. The van der Waals surface area contributed by atoms with Crippen LogP contribution in [0.15, 0.2) is 47.6 Å². The van der Waals surface area contributed by atoms with Crippen LogP contribution in [0, 0.1) is 0 Å². The molecule has 0 spiro atoms. The van der Waals surface area contributed by atoms with Crippen molar-refractivity contribution in [2.45, 2.75) is 11.3 Å². The third-order valence-corrected chi connectivity index (χ3v) is 5.45. The first-order valence-corrected chi connectivity index (χ1v) is 8.61. The summed E-state index contributed by atoms with van der Waals surface area (Å²) in [7, 11) is -1.14. The summed E-state index contributed by atoms with van der Waals surface area (Å²) in [5.41, 5.74) is 0.732. The number of methoxy groups -OCH3 is 1. The van der Waals surface area contributed by atoms with Gasteiger partial charge in [-0.3, -0.25) is 0 Å². The van der Waals surface area contributed by atoms with Crippen LogP contribution in [0.5, 0.6) is 5.75 Å². The fourth-order valence-electron chi connectivity index (χ4n) is 2.17. The molecule has 1 N–H and O–H groups in total. The minimum atomic E-state index is -3.90. The van der Waals surface area contributed by atoms with E-state index >= 15 is 0 Å². The molecule has 0 radical (unpaired) electrons. The Balaban J connectivity index is 2.28. The lowest BCUT2D eigenvalue weighted by molar-refractivity contribution is -0.378. The Labute approximate surface area is 140 Å². The van der Waals surface area contributed by atoms with Crippen molar-refractivity contribution in [3.63, 3.8) is 0 Å². The van der Waals surface area contributed by atoms with Gasteiger partial charge in [0.1, 0.15) is 10.6 Å². The minimum absolute atomic E-state index is 0.0832. The van der Waals surface area contributed by atoms with E-state index in [1.54, 1.807) is 12.4 Å². The number of carbonyl (C=O) groups is 1. The second-order valence-electron chi connectivity index (χ2n) is 5.14. The number of H-pyrrole nitrogens is 1. The standard InChI is InChI=1S/C16H18N2O5S/c1-18(9-7-12-4-3-8-17-11-12)24(21,22)15-10-13(16(19)20)5-6-14(15)23-2/h3-6,8,10-11H,7,9H2,1-2H3,(H,19,20). The summed E-state index contributed by atoms with van der Waals surface area (Å²) < 4.78 is 31.7. The first-order chi connectivity index (χ1) is 11.4. The molecule has 0 saturated heterocycles. The number of carboxylic acid groups (broad SMARTS) is 1. The Kier molecular flexibility index (Phi) is 5.53. The molecule has 0 atom stereocenters. The number of ether oxygens (including phenoxy) is 1. The molecule has 128 valence electrons. The summed E-state index contributed by atoms with van der Waals surface area (Å²) in [5.74, 6) is -1.36. The van der Waals surface area contributed by atoms with Crippen molar-refractivity contribution in [1.82, 2.24) is 4.31 Å². The lowest BCUT2D eigenvalue weighted by atomic mass is 10.2. The van der Waals surface area contributed by atoms with Crippen LogP contribution in [0.3, 0.4) is 0 Å². The van der Waals surface area contributed by atoms with Crippen LogP contribution in [0.25, 0.3) is 0 Å². The van der Waals surface area contributed by atoms with E-state index in [0.717, 1.165) is 15.9 Å². The van der Waals surface area contributed by atoms with Gasteiger partial charge in [0.15, 0.2) is 12.4 Å². The molecule has 7 nitrogen and oxygen atoms in total. The Hall–Kier alpha value is -2.45. The van der Waals surface area contributed by atoms with Gasteiger partial charge in [0.2, 0.25) is 10.0 Å². The number of aromatic amines is 1. The molecule has 2 rings (SSSR count). The number of benzene rings is 1. The molecular formula is C16H18N2O5S. The number of carboxylic acids is 1. The van der Waals surface area contributed by atoms with Crippen LogP contribution < -0.4 is 14.8 Å². The highest BCUT2D eigenvalue weighted by Gasteiger charge is 2.25. The second kappa shape index (κ2) is 7.41. The molecule has 2 aromatic rings. The Morgan fingerprint density at radius 3 is 2.67 bits per heavy atom. The highest BCUT2D eigenvalue weighted by molar-refractivity contribution is 7.89. The van der Waals surface area contributed by atoms with Gasteiger partial charge in [-0.1, -0.05) is 0 Å². The van der Waals surface area contributed by atoms with Gasteiger partial charge in [-0.05, 0) is 36.2 Å². The van der Waals surface area contributed by atoms with Crippen LogP contribution in [-0.2, 0) is 16.4 Å². The van der Waals surface area contributed by atoms with Gasteiger partial charge in [-0.15, -0.1) is 0 Å². The summed E-state index contributed by atoms with van der Waals surface area (Å²) in [5, 5.41) is 11.0. The summed E-state index contributed by atoms with van der Waals surface area (Å²) in [6.07, 6.45) is 4.06. The van der Waals surface area contributed by atoms with Gasteiger partial charge in [-0.2, -0.15) is 0 Å². The predicted molar refractivity (Wildman–Crippen MR) is 83.8 cm³/mol. The molecule has 0 aliphatic heterocycles. The van der Waals surface area contributed by atoms with E-state index < -0.39 is 16.0 Å². The van der Waals surface area contributed by atoms with Crippen molar-refractivity contribution in [2.24, 2.45) is 0 Å². The molecule has 0 aliphatic rings. The largest absolute Gasteiger partial charge is 0.545 e. The van der Waals surface area contributed by atoms with E-state index in [4.69, 9.17) is 4.74 Å². The molecule has 0 aliphatic carbocycles. The molecule has 24 heavy (non-hydrogen) atoms.